The zero-order chi connectivity index (χ0) is 29.2. The van der Waals surface area contributed by atoms with Crippen LogP contribution in [-0.4, -0.2) is 55.8 Å². The van der Waals surface area contributed by atoms with E-state index in [1.165, 1.54) is 55.2 Å². The summed E-state index contributed by atoms with van der Waals surface area (Å²) in [6.45, 7) is 14.1. The molecule has 6 heteroatoms. The van der Waals surface area contributed by atoms with E-state index in [2.05, 4.69) is 65.4 Å². The number of aryl methyl sites for hydroxylation is 2. The lowest BCUT2D eigenvalue weighted by molar-refractivity contribution is 0.0443. The van der Waals surface area contributed by atoms with Crippen LogP contribution in [0.1, 0.15) is 96.9 Å². The van der Waals surface area contributed by atoms with Crippen molar-refractivity contribution >= 4 is 0 Å². The fraction of sp³-hybridized carbons (Fsp3) is 0.629. The molecular formula is C35H52N4O2. The van der Waals surface area contributed by atoms with Crippen molar-refractivity contribution < 1.29 is 4.74 Å². The van der Waals surface area contributed by atoms with Crippen molar-refractivity contribution in [1.29, 1.82) is 0 Å². The van der Waals surface area contributed by atoms with E-state index in [1.807, 2.05) is 19.9 Å². The zero-order valence-corrected chi connectivity index (χ0v) is 26.1. The molecule has 6 nitrogen and oxygen atoms in total. The topological polar surface area (TPSA) is 69.4 Å². The third kappa shape index (κ3) is 9.03. The molecule has 1 aromatic carbocycles. The minimum absolute atomic E-state index is 0.00457. The maximum Gasteiger partial charge on any atom is 0.252 e. The highest BCUT2D eigenvalue weighted by Gasteiger charge is 2.22. The number of pyridine rings is 1. The quantitative estimate of drug-likeness (QED) is 0.324. The Kier molecular flexibility index (Phi) is 12.1. The summed E-state index contributed by atoms with van der Waals surface area (Å²) in [4.78, 5) is 17.9. The predicted octanol–water partition coefficient (Wildman–Crippen LogP) is 5.33. The average Bonchev–Trinajstić information content (AvgIpc) is 2.97. The number of rotatable bonds is 11. The Bertz CT molecular complexity index is 1240. The highest BCUT2D eigenvalue weighted by Crippen LogP contribution is 2.35. The van der Waals surface area contributed by atoms with Crippen molar-refractivity contribution in [3.05, 3.63) is 67.6 Å². The lowest BCUT2D eigenvalue weighted by Gasteiger charge is -2.29. The van der Waals surface area contributed by atoms with Gasteiger partial charge in [0.15, 0.2) is 0 Å². The number of aromatic nitrogens is 1. The minimum Gasteiger partial charge on any atom is -0.379 e. The van der Waals surface area contributed by atoms with Crippen LogP contribution in [0.2, 0.25) is 0 Å². The molecule has 3 N–H and O–H groups in total. The Balaban J connectivity index is 1.51. The van der Waals surface area contributed by atoms with Crippen LogP contribution in [0.3, 0.4) is 0 Å². The Morgan fingerprint density at radius 2 is 1.83 bits per heavy atom. The molecule has 2 heterocycles. The highest BCUT2D eigenvalue weighted by molar-refractivity contribution is 5.47. The first-order valence-electron chi connectivity index (χ1n) is 15.9. The summed E-state index contributed by atoms with van der Waals surface area (Å²) < 4.78 is 5.49. The van der Waals surface area contributed by atoms with E-state index < -0.39 is 0 Å². The van der Waals surface area contributed by atoms with E-state index in [-0.39, 0.29) is 5.56 Å². The summed E-state index contributed by atoms with van der Waals surface area (Å²) in [5, 5.41) is 7.05. The Hall–Kier alpha value is -2.43. The van der Waals surface area contributed by atoms with Crippen LogP contribution in [0.25, 0.3) is 0 Å². The first-order chi connectivity index (χ1) is 19.9. The third-order valence-corrected chi connectivity index (χ3v) is 9.42. The molecule has 41 heavy (non-hydrogen) atoms. The van der Waals surface area contributed by atoms with Crippen molar-refractivity contribution in [2.24, 2.45) is 5.92 Å². The monoisotopic (exact) mass is 560 g/mol. The second kappa shape index (κ2) is 15.7. The zero-order valence-electron chi connectivity index (χ0n) is 26.1. The fourth-order valence-electron chi connectivity index (χ4n) is 6.67. The first-order valence-corrected chi connectivity index (χ1v) is 15.9. The van der Waals surface area contributed by atoms with Gasteiger partial charge in [0.1, 0.15) is 0 Å². The van der Waals surface area contributed by atoms with E-state index in [0.29, 0.717) is 18.5 Å². The Morgan fingerprint density at radius 1 is 1.07 bits per heavy atom. The maximum absolute atomic E-state index is 12.6. The van der Waals surface area contributed by atoms with E-state index >= 15 is 0 Å². The van der Waals surface area contributed by atoms with Gasteiger partial charge in [-0.25, -0.2) is 0 Å². The molecule has 2 fully saturated rings. The molecule has 1 saturated heterocycles. The van der Waals surface area contributed by atoms with Crippen LogP contribution in [0.5, 0.6) is 0 Å². The fourth-order valence-corrected chi connectivity index (χ4v) is 6.67. The first kappa shape index (κ1) is 31.5. The molecule has 0 amide bonds. The largest absolute Gasteiger partial charge is 0.379 e. The van der Waals surface area contributed by atoms with Crippen molar-refractivity contribution in [1.82, 2.24) is 20.5 Å². The molecule has 2 aromatic rings. The summed E-state index contributed by atoms with van der Waals surface area (Å²) in [7, 11) is 2.10. The van der Waals surface area contributed by atoms with E-state index in [4.69, 9.17) is 4.74 Å². The van der Waals surface area contributed by atoms with Gasteiger partial charge in [-0.2, -0.15) is 0 Å². The van der Waals surface area contributed by atoms with Gasteiger partial charge in [-0.1, -0.05) is 18.8 Å². The van der Waals surface area contributed by atoms with Crippen molar-refractivity contribution in [2.45, 2.75) is 97.7 Å². The van der Waals surface area contributed by atoms with Crippen LogP contribution < -0.4 is 16.2 Å². The lowest BCUT2D eigenvalue weighted by Crippen LogP contribution is -2.36. The number of aromatic amines is 1. The molecule has 1 atom stereocenters. The molecule has 224 valence electrons. The summed E-state index contributed by atoms with van der Waals surface area (Å²) in [6.07, 6.45) is 9.00. The van der Waals surface area contributed by atoms with E-state index in [1.54, 1.807) is 0 Å². The number of hydrogen-bond acceptors (Lipinski definition) is 5. The number of hydrogen-bond donors (Lipinski definition) is 3. The SMILES string of the molecule is CCC(CCC1CCC(NC)CC1)c1cc(C#CCN2CCOCC2)cc(CNCc2c(C)cc(C)[nH]c2=O)c1C. The normalized spacial score (nSPS) is 20.4. The second-order valence-electron chi connectivity index (χ2n) is 12.3. The smallest absolute Gasteiger partial charge is 0.252 e. The standard InChI is InChI=1S/C35H52N4O2/c1-6-30(12-9-28-10-13-32(36-5)14-11-28)33-22-29(8-7-15-39-16-18-41-19-17-39)21-31(27(33)4)23-37-24-34-25(2)20-26(3)38-35(34)40/h20-22,28,30,32,36-37H,6,9-19,23-24H2,1-5H3,(H,38,40). The summed E-state index contributed by atoms with van der Waals surface area (Å²) in [5.74, 6) is 8.34. The highest BCUT2D eigenvalue weighted by atomic mass is 16.5. The van der Waals surface area contributed by atoms with Gasteiger partial charge in [-0.15, -0.1) is 0 Å². The molecule has 1 aromatic heterocycles. The van der Waals surface area contributed by atoms with Crippen molar-refractivity contribution in [3.63, 3.8) is 0 Å². The van der Waals surface area contributed by atoms with Gasteiger partial charge >= 0.3 is 0 Å². The van der Waals surface area contributed by atoms with Crippen molar-refractivity contribution in [2.75, 3.05) is 39.9 Å². The molecule has 0 bridgehead atoms. The number of nitrogens with one attached hydrogen (secondary N) is 3. The molecular weight excluding hydrogens is 508 g/mol. The summed E-state index contributed by atoms with van der Waals surface area (Å²) in [5.41, 5.74) is 7.97. The summed E-state index contributed by atoms with van der Waals surface area (Å²) in [6, 6.07) is 7.38. The van der Waals surface area contributed by atoms with Gasteiger partial charge in [-0.05, 0) is 125 Å². The summed E-state index contributed by atoms with van der Waals surface area (Å²) >= 11 is 0. The lowest BCUT2D eigenvalue weighted by atomic mass is 9.79. The maximum atomic E-state index is 12.6. The number of nitrogens with zero attached hydrogens (tertiary/aromatic N) is 1. The Labute approximate surface area is 248 Å². The van der Waals surface area contributed by atoms with E-state index in [9.17, 15) is 4.79 Å². The molecule has 2 aliphatic rings. The van der Waals surface area contributed by atoms with Crippen LogP contribution in [-0.2, 0) is 17.8 Å². The van der Waals surface area contributed by atoms with Gasteiger partial charge in [0.2, 0.25) is 0 Å². The number of benzene rings is 1. The van der Waals surface area contributed by atoms with Crippen LogP contribution in [0.4, 0.5) is 0 Å². The average molecular weight is 561 g/mol. The second-order valence-corrected chi connectivity index (χ2v) is 12.3. The number of H-pyrrole nitrogens is 1. The van der Waals surface area contributed by atoms with Gasteiger partial charge in [-0.3, -0.25) is 9.69 Å². The molecule has 4 rings (SSSR count). The molecule has 1 unspecified atom stereocenters. The van der Waals surface area contributed by atoms with Gasteiger partial charge in [0.25, 0.3) is 5.56 Å². The Morgan fingerprint density at radius 3 is 2.51 bits per heavy atom. The van der Waals surface area contributed by atoms with Gasteiger partial charge < -0.3 is 20.4 Å². The molecule has 1 saturated carbocycles. The third-order valence-electron chi connectivity index (χ3n) is 9.42. The van der Waals surface area contributed by atoms with Crippen molar-refractivity contribution in [3.8, 4) is 11.8 Å². The molecule has 0 radical (unpaired) electrons. The number of morpholine rings is 1. The van der Waals surface area contributed by atoms with E-state index in [0.717, 1.165) is 74.1 Å². The van der Waals surface area contributed by atoms with Crippen LogP contribution in [0, 0.1) is 38.5 Å². The van der Waals surface area contributed by atoms with Crippen LogP contribution in [0.15, 0.2) is 23.0 Å². The minimum atomic E-state index is 0.00457. The molecule has 1 aliphatic heterocycles. The molecule has 1 aliphatic carbocycles. The van der Waals surface area contributed by atoms with Gasteiger partial charge in [0.05, 0.1) is 19.8 Å². The van der Waals surface area contributed by atoms with Gasteiger partial charge in [0, 0.05) is 49.0 Å². The number of ether oxygens (including phenoxy) is 1. The predicted molar refractivity (Wildman–Crippen MR) is 169 cm³/mol. The van der Waals surface area contributed by atoms with Crippen LogP contribution >= 0.6 is 0 Å². The molecule has 0 spiro atoms.